The number of hydrogen-bond donors (Lipinski definition) is 1. The largest absolute Gasteiger partial charge is 0.382 e. The first-order chi connectivity index (χ1) is 8.99. The maximum atomic E-state index is 10.8. The SMILES string of the molecule is CCN(CC)CCNc1c(I)cc([N+](=O)[O-])cc1I. The number of nitrogens with zero attached hydrogens (tertiary/aromatic N) is 2. The fourth-order valence-corrected chi connectivity index (χ4v) is 3.83. The van der Waals surface area contributed by atoms with E-state index in [1.54, 1.807) is 12.1 Å². The fraction of sp³-hybridized carbons (Fsp3) is 0.500. The van der Waals surface area contributed by atoms with E-state index in [1.807, 2.05) is 0 Å². The Labute approximate surface area is 140 Å². The second-order valence-corrected chi connectivity index (χ2v) is 6.32. The van der Waals surface area contributed by atoms with Gasteiger partial charge in [-0.3, -0.25) is 10.1 Å². The first-order valence-corrected chi connectivity index (χ1v) is 8.25. The molecule has 19 heavy (non-hydrogen) atoms. The van der Waals surface area contributed by atoms with Crippen LogP contribution in [-0.4, -0.2) is 36.0 Å². The van der Waals surface area contributed by atoms with Gasteiger partial charge in [-0.05, 0) is 58.3 Å². The number of nitrogens with one attached hydrogen (secondary N) is 1. The average molecular weight is 489 g/mol. The lowest BCUT2D eigenvalue weighted by molar-refractivity contribution is -0.385. The summed E-state index contributed by atoms with van der Waals surface area (Å²) >= 11 is 4.27. The van der Waals surface area contributed by atoms with Gasteiger partial charge in [0.2, 0.25) is 0 Å². The quantitative estimate of drug-likeness (QED) is 0.362. The molecule has 0 aliphatic carbocycles. The number of non-ortho nitro benzene ring substituents is 1. The molecule has 0 fully saturated rings. The molecule has 0 heterocycles. The van der Waals surface area contributed by atoms with Crippen molar-refractivity contribution in [2.24, 2.45) is 0 Å². The smallest absolute Gasteiger partial charge is 0.271 e. The van der Waals surface area contributed by atoms with Gasteiger partial charge in [-0.1, -0.05) is 13.8 Å². The summed E-state index contributed by atoms with van der Waals surface area (Å²) in [5.74, 6) is 0. The van der Waals surface area contributed by atoms with Gasteiger partial charge in [0, 0.05) is 32.4 Å². The molecule has 1 rings (SSSR count). The van der Waals surface area contributed by atoms with Gasteiger partial charge in [-0.15, -0.1) is 0 Å². The molecule has 106 valence electrons. The minimum Gasteiger partial charge on any atom is -0.382 e. The van der Waals surface area contributed by atoms with E-state index in [9.17, 15) is 10.1 Å². The maximum absolute atomic E-state index is 10.8. The van der Waals surface area contributed by atoms with E-state index < -0.39 is 0 Å². The van der Waals surface area contributed by atoms with Crippen LogP contribution in [0.1, 0.15) is 13.8 Å². The first kappa shape index (κ1) is 16.9. The fourth-order valence-electron chi connectivity index (χ4n) is 1.71. The monoisotopic (exact) mass is 489 g/mol. The minimum absolute atomic E-state index is 0.142. The van der Waals surface area contributed by atoms with Crippen molar-refractivity contribution in [2.45, 2.75) is 13.8 Å². The van der Waals surface area contributed by atoms with Crippen LogP contribution in [0.4, 0.5) is 11.4 Å². The molecular weight excluding hydrogens is 472 g/mol. The van der Waals surface area contributed by atoms with Crippen LogP contribution in [0.3, 0.4) is 0 Å². The molecule has 0 atom stereocenters. The van der Waals surface area contributed by atoms with Crippen molar-refractivity contribution in [3.63, 3.8) is 0 Å². The van der Waals surface area contributed by atoms with Crippen LogP contribution in [0, 0.1) is 17.3 Å². The average Bonchev–Trinajstić information content (AvgIpc) is 2.37. The van der Waals surface area contributed by atoms with Crippen LogP contribution in [0.25, 0.3) is 0 Å². The zero-order valence-corrected chi connectivity index (χ0v) is 15.3. The van der Waals surface area contributed by atoms with Crippen molar-refractivity contribution in [1.82, 2.24) is 4.90 Å². The van der Waals surface area contributed by atoms with Crippen LogP contribution >= 0.6 is 45.2 Å². The summed E-state index contributed by atoms with van der Waals surface area (Å²) < 4.78 is 1.77. The molecule has 0 aliphatic rings. The van der Waals surface area contributed by atoms with Gasteiger partial charge in [0.25, 0.3) is 5.69 Å². The van der Waals surface area contributed by atoms with Crippen molar-refractivity contribution in [3.05, 3.63) is 29.4 Å². The highest BCUT2D eigenvalue weighted by Crippen LogP contribution is 2.29. The summed E-state index contributed by atoms with van der Waals surface area (Å²) in [5, 5.41) is 14.1. The second-order valence-electron chi connectivity index (χ2n) is 4.00. The normalized spacial score (nSPS) is 10.8. The van der Waals surface area contributed by atoms with Crippen LogP contribution < -0.4 is 5.32 Å². The Morgan fingerprint density at radius 1 is 1.26 bits per heavy atom. The third kappa shape index (κ3) is 5.03. The lowest BCUT2D eigenvalue weighted by Gasteiger charge is -2.19. The van der Waals surface area contributed by atoms with Crippen molar-refractivity contribution in [2.75, 3.05) is 31.5 Å². The molecule has 0 bridgehead atoms. The van der Waals surface area contributed by atoms with Crippen LogP contribution in [-0.2, 0) is 0 Å². The number of nitro groups is 1. The minimum atomic E-state index is -0.357. The molecule has 0 unspecified atom stereocenters. The molecule has 0 saturated carbocycles. The molecule has 0 aromatic heterocycles. The first-order valence-electron chi connectivity index (χ1n) is 6.09. The summed E-state index contributed by atoms with van der Waals surface area (Å²) in [5.41, 5.74) is 1.13. The van der Waals surface area contributed by atoms with E-state index in [2.05, 4.69) is 69.2 Å². The molecular formula is C12H17I2N3O2. The highest BCUT2D eigenvalue weighted by atomic mass is 127. The topological polar surface area (TPSA) is 58.4 Å². The van der Waals surface area contributed by atoms with Crippen molar-refractivity contribution in [3.8, 4) is 0 Å². The Hall–Kier alpha value is -0.160. The molecule has 0 radical (unpaired) electrons. The molecule has 1 N–H and O–H groups in total. The number of anilines is 1. The van der Waals surface area contributed by atoms with E-state index in [1.165, 1.54) is 0 Å². The molecule has 0 saturated heterocycles. The number of likely N-dealkylation sites (N-methyl/N-ethyl adjacent to an activating group) is 1. The lowest BCUT2D eigenvalue weighted by Crippen LogP contribution is -2.28. The zero-order valence-electron chi connectivity index (χ0n) is 10.9. The molecule has 7 heteroatoms. The van der Waals surface area contributed by atoms with Gasteiger partial charge in [0.15, 0.2) is 0 Å². The summed E-state index contributed by atoms with van der Waals surface area (Å²) in [6.45, 7) is 8.16. The third-order valence-corrected chi connectivity index (χ3v) is 4.56. The summed E-state index contributed by atoms with van der Waals surface area (Å²) in [6.07, 6.45) is 0. The predicted octanol–water partition coefficient (Wildman–Crippen LogP) is 3.56. The summed E-state index contributed by atoms with van der Waals surface area (Å²) in [4.78, 5) is 12.7. The van der Waals surface area contributed by atoms with Crippen molar-refractivity contribution in [1.29, 1.82) is 0 Å². The Kier molecular flexibility index (Phi) is 7.29. The zero-order chi connectivity index (χ0) is 14.4. The van der Waals surface area contributed by atoms with E-state index in [0.29, 0.717) is 0 Å². The number of nitro benzene ring substituents is 1. The Morgan fingerprint density at radius 3 is 2.21 bits per heavy atom. The highest BCUT2D eigenvalue weighted by Gasteiger charge is 2.13. The number of halogens is 2. The molecule has 0 aliphatic heterocycles. The van der Waals surface area contributed by atoms with E-state index in [0.717, 1.165) is 39.0 Å². The Morgan fingerprint density at radius 2 is 1.79 bits per heavy atom. The Bertz CT molecular complexity index is 428. The predicted molar refractivity (Wildman–Crippen MR) is 94.8 cm³/mol. The van der Waals surface area contributed by atoms with Gasteiger partial charge < -0.3 is 10.2 Å². The van der Waals surface area contributed by atoms with Gasteiger partial charge in [-0.2, -0.15) is 0 Å². The lowest BCUT2D eigenvalue weighted by atomic mass is 10.3. The third-order valence-electron chi connectivity index (χ3n) is 2.86. The van der Waals surface area contributed by atoms with Gasteiger partial charge in [0.1, 0.15) is 0 Å². The molecule has 1 aromatic carbocycles. The second kappa shape index (κ2) is 8.20. The number of hydrogen-bond acceptors (Lipinski definition) is 4. The van der Waals surface area contributed by atoms with Crippen LogP contribution in [0.5, 0.6) is 0 Å². The van der Waals surface area contributed by atoms with Crippen LogP contribution in [0.15, 0.2) is 12.1 Å². The van der Waals surface area contributed by atoms with Gasteiger partial charge >= 0.3 is 0 Å². The van der Waals surface area contributed by atoms with E-state index >= 15 is 0 Å². The van der Waals surface area contributed by atoms with Gasteiger partial charge in [-0.25, -0.2) is 0 Å². The maximum Gasteiger partial charge on any atom is 0.271 e. The highest BCUT2D eigenvalue weighted by molar-refractivity contribution is 14.1. The van der Waals surface area contributed by atoms with Crippen molar-refractivity contribution < 1.29 is 4.92 Å². The summed E-state index contributed by atoms with van der Waals surface area (Å²) in [7, 11) is 0. The molecule has 1 aromatic rings. The molecule has 0 amide bonds. The van der Waals surface area contributed by atoms with Crippen LogP contribution in [0.2, 0.25) is 0 Å². The summed E-state index contributed by atoms with van der Waals surface area (Å²) in [6, 6.07) is 3.20. The number of benzene rings is 1. The standard InChI is InChI=1S/C12H17I2N3O2/c1-3-16(4-2)6-5-15-12-10(13)7-9(17(18)19)8-11(12)14/h7-8,15H,3-6H2,1-2H3. The number of rotatable bonds is 7. The van der Waals surface area contributed by atoms with E-state index in [4.69, 9.17) is 0 Å². The van der Waals surface area contributed by atoms with Crippen molar-refractivity contribution >= 4 is 56.6 Å². The molecule has 5 nitrogen and oxygen atoms in total. The van der Waals surface area contributed by atoms with Gasteiger partial charge in [0.05, 0.1) is 10.6 Å². The van der Waals surface area contributed by atoms with E-state index in [-0.39, 0.29) is 10.6 Å². The molecule has 0 spiro atoms. The Balaban J connectivity index is 2.71.